The van der Waals surface area contributed by atoms with Gasteiger partial charge >= 0.3 is 13.7 Å². The quantitative estimate of drug-likeness (QED) is 0.497. The zero-order chi connectivity index (χ0) is 17.2. The number of halogens is 1. The maximum atomic E-state index is 12.9. The summed E-state index contributed by atoms with van der Waals surface area (Å²) in [6.45, 7) is -0.0340. The van der Waals surface area contributed by atoms with Crippen molar-refractivity contribution in [3.8, 4) is 0 Å². The highest BCUT2D eigenvalue weighted by Gasteiger charge is 2.39. The van der Waals surface area contributed by atoms with Crippen LogP contribution in [0.5, 0.6) is 0 Å². The van der Waals surface area contributed by atoms with E-state index in [2.05, 4.69) is 10.2 Å². The monoisotopic (exact) mass is 383 g/mol. The summed E-state index contributed by atoms with van der Waals surface area (Å²) < 4.78 is 13.8. The molecule has 9 heteroatoms. The van der Waals surface area contributed by atoms with Gasteiger partial charge in [-0.2, -0.15) is 0 Å². The van der Waals surface area contributed by atoms with E-state index in [4.69, 9.17) is 11.6 Å². The number of benzene rings is 2. The number of amides is 1. The van der Waals surface area contributed by atoms with E-state index in [0.717, 1.165) is 14.5 Å². The standard InChI is InChI=1S/C15H15ClN3O3PS/c16-8-9-19(15(20)21)23(22)17-13-7-6-12(10-14(13)18-23)24-11-4-2-1-3-5-11/h1-7,10H,8-9H2,(H,20,21)(H2,17,18,22). The normalized spacial score (nSPS) is 18.4. The van der Waals surface area contributed by atoms with Crippen molar-refractivity contribution in [2.24, 2.45) is 0 Å². The second kappa shape index (κ2) is 6.97. The highest BCUT2D eigenvalue weighted by Crippen LogP contribution is 2.57. The first-order valence-electron chi connectivity index (χ1n) is 7.12. The Morgan fingerprint density at radius 3 is 2.50 bits per heavy atom. The number of hydrogen-bond donors (Lipinski definition) is 3. The highest BCUT2D eigenvalue weighted by atomic mass is 35.5. The topological polar surface area (TPSA) is 81.7 Å². The third kappa shape index (κ3) is 3.48. The number of rotatable bonds is 5. The zero-order valence-electron chi connectivity index (χ0n) is 12.5. The molecular formula is C15H15ClN3O3PS. The number of carbonyl (C=O) groups is 1. The summed E-state index contributed by atoms with van der Waals surface area (Å²) in [5.74, 6) is 0.0606. The molecule has 0 saturated heterocycles. The first kappa shape index (κ1) is 17.0. The number of nitrogens with zero attached hydrogens (tertiary/aromatic N) is 1. The molecule has 24 heavy (non-hydrogen) atoms. The lowest BCUT2D eigenvalue weighted by Crippen LogP contribution is -2.31. The fourth-order valence-electron chi connectivity index (χ4n) is 2.31. The van der Waals surface area contributed by atoms with Gasteiger partial charge in [-0.05, 0) is 30.3 Å². The smallest absolute Gasteiger partial charge is 0.415 e. The average Bonchev–Trinajstić information content (AvgIpc) is 2.89. The molecule has 3 N–H and O–H groups in total. The van der Waals surface area contributed by atoms with Crippen molar-refractivity contribution < 1.29 is 14.5 Å². The Balaban J connectivity index is 1.82. The summed E-state index contributed by atoms with van der Waals surface area (Å²) in [7, 11) is -3.50. The highest BCUT2D eigenvalue weighted by molar-refractivity contribution is 7.99. The van der Waals surface area contributed by atoms with E-state index >= 15 is 0 Å². The summed E-state index contributed by atoms with van der Waals surface area (Å²) in [6.07, 6.45) is -1.29. The van der Waals surface area contributed by atoms with Crippen molar-refractivity contribution in [1.82, 2.24) is 4.67 Å². The largest absolute Gasteiger partial charge is 0.465 e. The molecule has 1 aliphatic heterocycles. The van der Waals surface area contributed by atoms with E-state index in [1.165, 1.54) is 0 Å². The van der Waals surface area contributed by atoms with Gasteiger partial charge in [0.05, 0.1) is 11.4 Å². The molecule has 3 rings (SSSR count). The first-order chi connectivity index (χ1) is 11.5. The Kier molecular flexibility index (Phi) is 4.94. The van der Waals surface area contributed by atoms with Crippen LogP contribution >= 0.6 is 31.0 Å². The van der Waals surface area contributed by atoms with Crippen molar-refractivity contribution in [1.29, 1.82) is 0 Å². The Morgan fingerprint density at radius 2 is 1.83 bits per heavy atom. The van der Waals surface area contributed by atoms with Gasteiger partial charge in [0.25, 0.3) is 0 Å². The van der Waals surface area contributed by atoms with Crippen LogP contribution in [-0.4, -0.2) is 28.3 Å². The van der Waals surface area contributed by atoms with Crippen LogP contribution in [0.1, 0.15) is 0 Å². The minimum atomic E-state index is -3.50. The molecule has 0 aromatic heterocycles. The third-order valence-electron chi connectivity index (χ3n) is 3.37. The molecule has 1 heterocycles. The predicted molar refractivity (Wildman–Crippen MR) is 97.3 cm³/mol. The summed E-state index contributed by atoms with van der Waals surface area (Å²) in [6, 6.07) is 15.4. The maximum Gasteiger partial charge on any atom is 0.415 e. The van der Waals surface area contributed by atoms with Crippen LogP contribution in [0.2, 0.25) is 0 Å². The van der Waals surface area contributed by atoms with E-state index in [1.807, 2.05) is 42.5 Å². The molecule has 2 aromatic rings. The number of alkyl halides is 1. The Hall–Kier alpha value is -1.82. The molecule has 0 fully saturated rings. The summed E-state index contributed by atoms with van der Waals surface area (Å²) in [5.41, 5.74) is 1.22. The van der Waals surface area contributed by atoms with Gasteiger partial charge in [0.2, 0.25) is 0 Å². The second-order valence-electron chi connectivity index (χ2n) is 5.02. The molecule has 0 radical (unpaired) electrons. The van der Waals surface area contributed by atoms with Crippen LogP contribution in [-0.2, 0) is 4.57 Å². The Bertz CT molecular complexity index is 806. The lowest BCUT2D eigenvalue weighted by atomic mass is 10.3. The van der Waals surface area contributed by atoms with Crippen LogP contribution in [0.4, 0.5) is 16.2 Å². The van der Waals surface area contributed by atoms with Crippen LogP contribution in [0.25, 0.3) is 0 Å². The molecule has 1 amide bonds. The van der Waals surface area contributed by atoms with Crippen molar-refractivity contribution in [3.63, 3.8) is 0 Å². The van der Waals surface area contributed by atoms with Gasteiger partial charge in [0.15, 0.2) is 0 Å². The van der Waals surface area contributed by atoms with Crippen molar-refractivity contribution >= 4 is 48.4 Å². The summed E-state index contributed by atoms with van der Waals surface area (Å²) >= 11 is 7.19. The van der Waals surface area contributed by atoms with E-state index in [1.54, 1.807) is 17.8 Å². The molecule has 126 valence electrons. The molecular weight excluding hydrogens is 369 g/mol. The molecule has 2 aromatic carbocycles. The number of carboxylic acid groups (broad SMARTS) is 1. The molecule has 0 saturated carbocycles. The SMILES string of the molecule is O=C(O)N(CCCl)P1(=O)Nc2ccc(Sc3ccccc3)cc2N1. The lowest BCUT2D eigenvalue weighted by Gasteiger charge is -2.25. The second-order valence-corrected chi connectivity index (χ2v) is 8.62. The van der Waals surface area contributed by atoms with Crippen LogP contribution in [0.3, 0.4) is 0 Å². The fraction of sp³-hybridized carbons (Fsp3) is 0.133. The van der Waals surface area contributed by atoms with Crippen LogP contribution in [0, 0.1) is 0 Å². The number of hydrogen-bond acceptors (Lipinski definition) is 3. The molecule has 1 aliphatic rings. The predicted octanol–water partition coefficient (Wildman–Crippen LogP) is 5.00. The Labute approximate surface area is 148 Å². The van der Waals surface area contributed by atoms with Crippen molar-refractivity contribution in [2.45, 2.75) is 9.79 Å². The minimum Gasteiger partial charge on any atom is -0.465 e. The Morgan fingerprint density at radius 1 is 1.12 bits per heavy atom. The van der Waals surface area contributed by atoms with Crippen LogP contribution < -0.4 is 10.2 Å². The van der Waals surface area contributed by atoms with Gasteiger partial charge in [-0.25, -0.2) is 14.0 Å². The maximum absolute atomic E-state index is 12.9. The van der Waals surface area contributed by atoms with Gasteiger partial charge in [0, 0.05) is 22.2 Å². The number of anilines is 2. The third-order valence-corrected chi connectivity index (χ3v) is 6.68. The van der Waals surface area contributed by atoms with Crippen molar-refractivity contribution in [3.05, 3.63) is 48.5 Å². The summed E-state index contributed by atoms with van der Waals surface area (Å²) in [5, 5.41) is 14.9. The van der Waals surface area contributed by atoms with Gasteiger partial charge < -0.3 is 15.3 Å². The first-order valence-corrected chi connectivity index (χ1v) is 10.1. The van der Waals surface area contributed by atoms with Gasteiger partial charge in [-0.15, -0.1) is 11.6 Å². The van der Waals surface area contributed by atoms with Crippen molar-refractivity contribution in [2.75, 3.05) is 22.6 Å². The lowest BCUT2D eigenvalue weighted by molar-refractivity contribution is 0.173. The molecule has 1 unspecified atom stereocenters. The molecule has 0 spiro atoms. The van der Waals surface area contributed by atoms with E-state index in [9.17, 15) is 14.5 Å². The number of nitrogens with one attached hydrogen (secondary N) is 2. The molecule has 6 nitrogen and oxygen atoms in total. The molecule has 0 aliphatic carbocycles. The average molecular weight is 384 g/mol. The molecule has 1 atom stereocenters. The van der Waals surface area contributed by atoms with Gasteiger partial charge in [-0.1, -0.05) is 30.0 Å². The van der Waals surface area contributed by atoms with E-state index in [0.29, 0.717) is 11.4 Å². The van der Waals surface area contributed by atoms with Gasteiger partial charge in [-0.3, -0.25) is 0 Å². The van der Waals surface area contributed by atoms with Crippen LogP contribution in [0.15, 0.2) is 58.3 Å². The summed E-state index contributed by atoms with van der Waals surface area (Å²) in [4.78, 5) is 13.4. The van der Waals surface area contributed by atoms with E-state index in [-0.39, 0.29) is 12.4 Å². The minimum absolute atomic E-state index is 0.0340. The van der Waals surface area contributed by atoms with E-state index < -0.39 is 13.7 Å². The fourth-order valence-corrected chi connectivity index (χ4v) is 5.43. The molecule has 0 bridgehead atoms. The number of fused-ring (bicyclic) bond motifs is 1. The van der Waals surface area contributed by atoms with Gasteiger partial charge in [0.1, 0.15) is 0 Å². The zero-order valence-corrected chi connectivity index (χ0v) is 14.9.